The van der Waals surface area contributed by atoms with Gasteiger partial charge >= 0.3 is 0 Å². The summed E-state index contributed by atoms with van der Waals surface area (Å²) in [5.41, 5.74) is 5.86. The van der Waals surface area contributed by atoms with Crippen LogP contribution in [0, 0.1) is 0 Å². The molecule has 4 heterocycles. The van der Waals surface area contributed by atoms with Crippen molar-refractivity contribution in [3.63, 3.8) is 0 Å². The van der Waals surface area contributed by atoms with Crippen molar-refractivity contribution < 1.29 is 18.9 Å². The Morgan fingerprint density at radius 3 is 1.57 bits per heavy atom. The monoisotopic (exact) mass is 726 g/mol. The Morgan fingerprint density at radius 1 is 0.574 bits per heavy atom. The molecule has 4 aromatic heterocycles. The normalized spacial score (nSPS) is 11.0. The maximum absolute atomic E-state index is 5.81. The van der Waals surface area contributed by atoms with Crippen LogP contribution in [0.1, 0.15) is 13.8 Å². The van der Waals surface area contributed by atoms with E-state index in [2.05, 4.69) is 128 Å². The van der Waals surface area contributed by atoms with Crippen molar-refractivity contribution in [1.82, 2.24) is 9.55 Å². The number of thiophene rings is 2. The largest absolute Gasteiger partial charge is 0.465 e. The van der Waals surface area contributed by atoms with Crippen molar-refractivity contribution >= 4 is 82.2 Å². The van der Waals surface area contributed by atoms with Crippen LogP contribution in [-0.2, 0) is 9.47 Å². The number of para-hydroxylation sites is 4. The molecule has 0 atom stereocenters. The van der Waals surface area contributed by atoms with E-state index in [1.54, 1.807) is 22.7 Å². The van der Waals surface area contributed by atoms with Gasteiger partial charge in [-0.05, 0) is 54.0 Å². The second-order valence-electron chi connectivity index (χ2n) is 10.3. The molecular weight excluding hydrogens is 692 g/mol. The van der Waals surface area contributed by atoms with Crippen LogP contribution in [0.3, 0.4) is 0 Å². The summed E-state index contributed by atoms with van der Waals surface area (Å²) in [6.07, 6.45) is 0. The minimum absolute atomic E-state index is 0.275. The van der Waals surface area contributed by atoms with Crippen molar-refractivity contribution in [1.29, 1.82) is 0 Å². The lowest BCUT2D eigenvalue weighted by Crippen LogP contribution is -2.03. The highest BCUT2D eigenvalue weighted by atomic mass is 79.9. The molecule has 1 N–H and O–H groups in total. The van der Waals surface area contributed by atoms with E-state index >= 15 is 0 Å². The molecule has 240 valence electrons. The van der Waals surface area contributed by atoms with Crippen molar-refractivity contribution in [3.05, 3.63) is 123 Å². The molecule has 47 heavy (non-hydrogen) atoms. The van der Waals surface area contributed by atoms with Crippen LogP contribution in [0.15, 0.2) is 123 Å². The molecule has 0 unspecified atom stereocenters. The van der Waals surface area contributed by atoms with E-state index in [1.165, 1.54) is 43.6 Å². The van der Waals surface area contributed by atoms with Gasteiger partial charge in [0.1, 0.15) is 5.75 Å². The number of hydrogen-bond acceptors (Lipinski definition) is 6. The Balaban J connectivity index is 0.000000136. The predicted molar refractivity (Wildman–Crippen MR) is 201 cm³/mol. The molecule has 0 bridgehead atoms. The summed E-state index contributed by atoms with van der Waals surface area (Å²) in [6, 6.07) is 33.7. The zero-order chi connectivity index (χ0) is 32.4. The lowest BCUT2D eigenvalue weighted by Gasteiger charge is -2.10. The van der Waals surface area contributed by atoms with Gasteiger partial charge < -0.3 is 28.5 Å². The fourth-order valence-corrected chi connectivity index (χ4v) is 7.34. The first-order chi connectivity index (χ1) is 23.2. The standard InChI is InChI=1S/C19H17NO2S.C12H9N.C7H9BrO2S/c1-2-21-13-22-19-12-23-11-18(19)20-16-9-5-3-7-14(16)15-8-4-6-10-17(15)20;1-3-7-11-9(5-1)10-6-2-4-8-12(10)13-11;1-2-9-5-10-7-4-11-3-6(7)8/h3-12H,2,13H2,1H3;1-8,13H;3-4H,2,5H2,1H3. The number of nitrogens with zero attached hydrogens (tertiary/aromatic N) is 1. The van der Waals surface area contributed by atoms with Gasteiger partial charge in [-0.3, -0.25) is 0 Å². The highest BCUT2D eigenvalue weighted by Gasteiger charge is 2.15. The third-order valence-electron chi connectivity index (χ3n) is 7.43. The molecule has 0 aliphatic heterocycles. The molecule has 0 amide bonds. The minimum atomic E-state index is 0.275. The van der Waals surface area contributed by atoms with Gasteiger partial charge in [-0.2, -0.15) is 0 Å². The molecule has 6 nitrogen and oxygen atoms in total. The molecule has 0 saturated heterocycles. The zero-order valence-corrected chi connectivity index (χ0v) is 29.4. The predicted octanol–water partition coefficient (Wildman–Crippen LogP) is 11.4. The van der Waals surface area contributed by atoms with Gasteiger partial charge in [0.05, 0.1) is 21.2 Å². The van der Waals surface area contributed by atoms with Crippen LogP contribution < -0.4 is 9.47 Å². The number of H-pyrrole nitrogens is 1. The molecule has 0 aliphatic rings. The molecular formula is C38H35BrN2O4S2. The third-order valence-corrected chi connectivity index (χ3v) is 9.78. The number of ether oxygens (including phenoxy) is 4. The van der Waals surface area contributed by atoms with E-state index in [0.717, 1.165) is 21.7 Å². The number of fused-ring (bicyclic) bond motifs is 6. The maximum atomic E-state index is 5.81. The highest BCUT2D eigenvalue weighted by Crippen LogP contribution is 2.37. The first-order valence-corrected chi connectivity index (χ1v) is 18.0. The Labute approximate surface area is 290 Å². The van der Waals surface area contributed by atoms with E-state index in [1.807, 2.05) is 30.0 Å². The Kier molecular flexibility index (Phi) is 11.3. The quantitative estimate of drug-likeness (QED) is 0.119. The number of halogens is 1. The smallest absolute Gasteiger partial charge is 0.189 e. The van der Waals surface area contributed by atoms with Crippen LogP contribution in [-0.4, -0.2) is 36.4 Å². The van der Waals surface area contributed by atoms with Crippen LogP contribution >= 0.6 is 38.6 Å². The molecule has 0 aliphatic carbocycles. The third kappa shape index (κ3) is 7.56. The summed E-state index contributed by atoms with van der Waals surface area (Å²) < 4.78 is 24.7. The summed E-state index contributed by atoms with van der Waals surface area (Å²) >= 11 is 6.58. The number of rotatable bonds is 9. The summed E-state index contributed by atoms with van der Waals surface area (Å²) in [5, 5.41) is 13.2. The van der Waals surface area contributed by atoms with Crippen LogP contribution in [0.2, 0.25) is 0 Å². The number of hydrogen-bond donors (Lipinski definition) is 1. The topological polar surface area (TPSA) is 57.6 Å². The number of nitrogens with one attached hydrogen (secondary N) is 1. The van der Waals surface area contributed by atoms with Crippen molar-refractivity contribution in [2.45, 2.75) is 13.8 Å². The molecule has 0 fully saturated rings. The van der Waals surface area contributed by atoms with Gasteiger partial charge in [0.15, 0.2) is 19.3 Å². The number of aromatic amines is 1. The second kappa shape index (κ2) is 16.1. The fourth-order valence-electron chi connectivity index (χ4n) is 5.28. The SMILES string of the molecule is CCOCOc1cscc1-n1c2ccccc2c2ccccc21.CCOCOc1cscc1Br.c1ccc2c(c1)[nH]c1ccccc12. The van der Waals surface area contributed by atoms with Gasteiger partial charge in [-0.1, -0.05) is 72.8 Å². The van der Waals surface area contributed by atoms with E-state index < -0.39 is 0 Å². The van der Waals surface area contributed by atoms with Gasteiger partial charge in [0, 0.05) is 67.3 Å². The van der Waals surface area contributed by atoms with Crippen molar-refractivity contribution in [3.8, 4) is 17.2 Å². The molecule has 0 saturated carbocycles. The maximum Gasteiger partial charge on any atom is 0.189 e. The van der Waals surface area contributed by atoms with E-state index in [-0.39, 0.29) is 6.79 Å². The molecule has 9 heteroatoms. The van der Waals surface area contributed by atoms with Gasteiger partial charge in [-0.25, -0.2) is 0 Å². The number of benzene rings is 4. The van der Waals surface area contributed by atoms with Gasteiger partial charge in [0.25, 0.3) is 0 Å². The first kappa shape index (κ1) is 32.8. The summed E-state index contributed by atoms with van der Waals surface area (Å²) in [6.45, 7) is 5.83. The average Bonchev–Trinajstić information content (AvgIpc) is 3.90. The van der Waals surface area contributed by atoms with Crippen LogP contribution in [0.25, 0.3) is 49.3 Å². The highest BCUT2D eigenvalue weighted by molar-refractivity contribution is 9.10. The second-order valence-corrected chi connectivity index (χ2v) is 12.6. The molecule has 0 spiro atoms. The Morgan fingerprint density at radius 2 is 1.04 bits per heavy atom. The summed E-state index contributed by atoms with van der Waals surface area (Å²) in [5.74, 6) is 1.71. The van der Waals surface area contributed by atoms with Gasteiger partial charge in [-0.15, -0.1) is 22.7 Å². The van der Waals surface area contributed by atoms with E-state index in [4.69, 9.17) is 18.9 Å². The first-order valence-electron chi connectivity index (χ1n) is 15.3. The molecule has 4 aromatic carbocycles. The lowest BCUT2D eigenvalue weighted by molar-refractivity contribution is 0.0221. The Bertz CT molecular complexity index is 2080. The van der Waals surface area contributed by atoms with Gasteiger partial charge in [0.2, 0.25) is 0 Å². The summed E-state index contributed by atoms with van der Waals surface area (Å²) in [7, 11) is 0. The van der Waals surface area contributed by atoms with Crippen LogP contribution in [0.4, 0.5) is 0 Å². The van der Waals surface area contributed by atoms with Crippen molar-refractivity contribution in [2.75, 3.05) is 26.8 Å². The molecule has 0 radical (unpaired) electrons. The lowest BCUT2D eigenvalue weighted by atomic mass is 10.2. The zero-order valence-electron chi connectivity index (χ0n) is 26.2. The van der Waals surface area contributed by atoms with E-state index in [9.17, 15) is 0 Å². The van der Waals surface area contributed by atoms with Crippen LogP contribution in [0.5, 0.6) is 11.5 Å². The minimum Gasteiger partial charge on any atom is -0.465 e. The number of aromatic nitrogens is 2. The molecule has 8 rings (SSSR count). The average molecular weight is 728 g/mol. The summed E-state index contributed by atoms with van der Waals surface area (Å²) in [4.78, 5) is 3.38. The van der Waals surface area contributed by atoms with Crippen molar-refractivity contribution in [2.24, 2.45) is 0 Å². The van der Waals surface area contributed by atoms with E-state index in [0.29, 0.717) is 20.0 Å². The molecule has 8 aromatic rings. The Hall–Kier alpha value is -4.12. The fraction of sp³-hybridized carbons (Fsp3) is 0.158.